The van der Waals surface area contributed by atoms with Crippen molar-refractivity contribution >= 4 is 51.3 Å². The number of aromatic nitrogens is 6. The van der Waals surface area contributed by atoms with Crippen molar-refractivity contribution in [2.75, 3.05) is 35.0 Å². The maximum Gasteiger partial charge on any atom is 0.292 e. The average molecular weight is 883 g/mol. The fraction of sp³-hybridized carbons (Fsp3) is 0.214. The third kappa shape index (κ3) is 16.3. The number of methoxy groups -OCH3 is 4. The summed E-state index contributed by atoms with van der Waals surface area (Å²) in [6.45, 7) is 4.07. The number of halogens is 1. The molecule has 7 aromatic rings. The van der Waals surface area contributed by atoms with Crippen molar-refractivity contribution in [1.29, 1.82) is 10.5 Å². The van der Waals surface area contributed by atoms with Gasteiger partial charge in [-0.25, -0.2) is 19.9 Å². The van der Waals surface area contributed by atoms with E-state index in [1.165, 1.54) is 38.5 Å². The predicted molar refractivity (Wildman–Crippen MR) is 233 cm³/mol. The first kappa shape index (κ1) is 50.8. The molecule has 0 fully saturated rings. The van der Waals surface area contributed by atoms with Crippen LogP contribution in [-0.2, 0) is 13.5 Å². The highest BCUT2D eigenvalue weighted by atomic mass is 35.5. The number of hydrogen-bond donors (Lipinski definition) is 1. The molecule has 63 heavy (non-hydrogen) atoms. The lowest BCUT2D eigenvalue weighted by Gasteiger charge is -2.00. The maximum absolute atomic E-state index is 10.7. The summed E-state index contributed by atoms with van der Waals surface area (Å²) in [6, 6.07) is 25.4. The highest BCUT2D eigenvalue weighted by Crippen LogP contribution is 2.22. The van der Waals surface area contributed by atoms with Crippen LogP contribution in [0.4, 0.5) is 11.4 Å². The number of benzene rings is 1. The Bertz CT molecular complexity index is 2610. The van der Waals surface area contributed by atoms with Gasteiger partial charge >= 0.3 is 0 Å². The minimum absolute atomic E-state index is 0.0363. The van der Waals surface area contributed by atoms with Crippen molar-refractivity contribution in [1.82, 2.24) is 29.5 Å². The first-order valence-electron chi connectivity index (χ1n) is 18.3. The molecule has 0 saturated carbocycles. The van der Waals surface area contributed by atoms with Crippen LogP contribution in [0, 0.1) is 42.9 Å². The van der Waals surface area contributed by atoms with Crippen molar-refractivity contribution in [3.63, 3.8) is 0 Å². The Kier molecular flexibility index (Phi) is 22.1. The Morgan fingerprint density at radius 3 is 1.94 bits per heavy atom. The zero-order valence-electron chi connectivity index (χ0n) is 35.2. The van der Waals surface area contributed by atoms with E-state index in [0.717, 1.165) is 29.0 Å². The second-order valence-corrected chi connectivity index (χ2v) is 11.9. The number of H-pyrrole nitrogens is 1. The molecule has 0 bridgehead atoms. The number of aldehydes is 1. The van der Waals surface area contributed by atoms with E-state index in [-0.39, 0.29) is 36.0 Å². The lowest BCUT2D eigenvalue weighted by Crippen LogP contribution is -1.99. The number of carbonyl (C=O) groups is 1. The van der Waals surface area contributed by atoms with Crippen molar-refractivity contribution in [2.45, 2.75) is 20.3 Å². The Labute approximate surface area is 366 Å². The van der Waals surface area contributed by atoms with Gasteiger partial charge in [-0.2, -0.15) is 10.5 Å². The third-order valence-corrected chi connectivity index (χ3v) is 7.85. The van der Waals surface area contributed by atoms with Crippen LogP contribution in [0.1, 0.15) is 29.9 Å². The van der Waals surface area contributed by atoms with Gasteiger partial charge in [0, 0.05) is 60.9 Å². The van der Waals surface area contributed by atoms with Gasteiger partial charge in [-0.15, -0.1) is 0 Å². The van der Waals surface area contributed by atoms with Gasteiger partial charge in [0.2, 0.25) is 23.5 Å². The number of aromatic amines is 1. The van der Waals surface area contributed by atoms with E-state index in [1.54, 1.807) is 50.7 Å². The molecule has 0 aliphatic rings. The number of nitriles is 2. The van der Waals surface area contributed by atoms with E-state index in [0.29, 0.717) is 39.5 Å². The van der Waals surface area contributed by atoms with Gasteiger partial charge in [0.15, 0.2) is 12.9 Å². The number of nitro groups is 2. The van der Waals surface area contributed by atoms with E-state index in [9.17, 15) is 25.0 Å². The fourth-order valence-electron chi connectivity index (χ4n) is 4.71. The molecular weight excluding hydrogens is 840 g/mol. The van der Waals surface area contributed by atoms with Crippen LogP contribution in [0.2, 0.25) is 5.02 Å². The number of aryl methyl sites for hydroxylation is 1. The van der Waals surface area contributed by atoms with Gasteiger partial charge in [0.1, 0.15) is 29.2 Å². The normalized spacial score (nSPS) is 9.37. The SMILES string of the molecule is CC.COc1ccc([N+](=O)[O-])c(CC#N)n1.COc1ccc([N+](=O)[O-])cn1.COc1ccc2[nH]ccc2n1.COc1ccc2c(n1)c(C=O)cn2C.N#CCOc1ccc(Cl)cc1. The topological polar surface area (TPSA) is 269 Å². The molecule has 1 aromatic carbocycles. The molecule has 6 aromatic heterocycles. The lowest BCUT2D eigenvalue weighted by molar-refractivity contribution is -0.385. The second kappa shape index (κ2) is 27.4. The van der Waals surface area contributed by atoms with E-state index in [1.807, 2.05) is 68.1 Å². The minimum Gasteiger partial charge on any atom is -0.481 e. The minimum atomic E-state index is -0.570. The maximum atomic E-state index is 10.7. The summed E-state index contributed by atoms with van der Waals surface area (Å²) < 4.78 is 26.3. The van der Waals surface area contributed by atoms with E-state index >= 15 is 0 Å². The number of hydrogen-bond acceptors (Lipinski definition) is 16. The molecule has 0 saturated heterocycles. The Morgan fingerprint density at radius 1 is 0.778 bits per heavy atom. The highest BCUT2D eigenvalue weighted by Gasteiger charge is 2.15. The second-order valence-electron chi connectivity index (χ2n) is 11.4. The van der Waals surface area contributed by atoms with Crippen LogP contribution in [-0.4, -0.2) is 80.7 Å². The number of carbonyl (C=O) groups excluding carboxylic acids is 1. The molecule has 328 valence electrons. The number of pyridine rings is 4. The molecule has 0 amide bonds. The summed E-state index contributed by atoms with van der Waals surface area (Å²) in [5, 5.41) is 37.9. The summed E-state index contributed by atoms with van der Waals surface area (Å²) in [5.74, 6) is 2.47. The average Bonchev–Trinajstić information content (AvgIpc) is 3.93. The third-order valence-electron chi connectivity index (χ3n) is 7.59. The van der Waals surface area contributed by atoms with Crippen molar-refractivity contribution in [2.24, 2.45) is 7.05 Å². The molecule has 1 N–H and O–H groups in total. The van der Waals surface area contributed by atoms with Crippen LogP contribution in [0.5, 0.6) is 29.3 Å². The zero-order chi connectivity index (χ0) is 46.7. The van der Waals surface area contributed by atoms with Gasteiger partial charge in [-0.3, -0.25) is 25.0 Å². The molecule has 21 heteroatoms. The van der Waals surface area contributed by atoms with Gasteiger partial charge in [-0.05, 0) is 42.5 Å². The van der Waals surface area contributed by atoms with Crippen LogP contribution in [0.3, 0.4) is 0 Å². The summed E-state index contributed by atoms with van der Waals surface area (Å²) in [7, 11) is 7.90. The molecule has 7 rings (SSSR count). The molecular formula is C42H43ClN10O10. The first-order chi connectivity index (χ1) is 30.4. The van der Waals surface area contributed by atoms with Crippen LogP contribution >= 0.6 is 11.6 Å². The van der Waals surface area contributed by atoms with Gasteiger partial charge < -0.3 is 33.2 Å². The molecule has 0 radical (unpaired) electrons. The summed E-state index contributed by atoms with van der Waals surface area (Å²) in [6.07, 6.45) is 5.46. The van der Waals surface area contributed by atoms with Gasteiger partial charge in [0.05, 0.1) is 72.9 Å². The van der Waals surface area contributed by atoms with E-state index < -0.39 is 9.85 Å². The predicted octanol–water partition coefficient (Wildman–Crippen LogP) is 8.30. The zero-order valence-corrected chi connectivity index (χ0v) is 36.0. The largest absolute Gasteiger partial charge is 0.481 e. The van der Waals surface area contributed by atoms with Crippen LogP contribution in [0.25, 0.3) is 22.1 Å². The Hall–Kier alpha value is -8.36. The van der Waals surface area contributed by atoms with Crippen molar-refractivity contribution in [3.8, 4) is 41.4 Å². The molecule has 0 aliphatic carbocycles. The monoisotopic (exact) mass is 882 g/mol. The van der Waals surface area contributed by atoms with Crippen LogP contribution < -0.4 is 23.7 Å². The molecule has 0 aliphatic heterocycles. The summed E-state index contributed by atoms with van der Waals surface area (Å²) in [5.41, 5.74) is 4.08. The number of fused-ring (bicyclic) bond motifs is 2. The number of rotatable bonds is 10. The molecule has 0 atom stereocenters. The summed E-state index contributed by atoms with van der Waals surface area (Å²) >= 11 is 5.63. The van der Waals surface area contributed by atoms with E-state index in [4.69, 9.17) is 45.8 Å². The highest BCUT2D eigenvalue weighted by molar-refractivity contribution is 6.30. The lowest BCUT2D eigenvalue weighted by atomic mass is 10.2. The van der Waals surface area contributed by atoms with Gasteiger partial charge in [-0.1, -0.05) is 25.4 Å². The molecule has 0 unspecified atom stereocenters. The van der Waals surface area contributed by atoms with Crippen molar-refractivity contribution in [3.05, 3.63) is 134 Å². The number of ether oxygens (including phenoxy) is 5. The fourth-order valence-corrected chi connectivity index (χ4v) is 4.83. The van der Waals surface area contributed by atoms with E-state index in [2.05, 4.69) is 24.9 Å². The van der Waals surface area contributed by atoms with Crippen LogP contribution in [0.15, 0.2) is 97.5 Å². The number of nitrogens with one attached hydrogen (secondary N) is 1. The smallest absolute Gasteiger partial charge is 0.292 e. The molecule has 0 spiro atoms. The summed E-state index contributed by atoms with van der Waals surface area (Å²) in [4.78, 5) is 49.2. The molecule has 6 heterocycles. The first-order valence-corrected chi connectivity index (χ1v) is 18.7. The van der Waals surface area contributed by atoms with Gasteiger partial charge in [0.25, 0.3) is 11.4 Å². The number of nitrogens with zero attached hydrogens (tertiary/aromatic N) is 9. The molecule has 20 nitrogen and oxygen atoms in total. The van der Waals surface area contributed by atoms with Crippen molar-refractivity contribution < 1.29 is 38.3 Å². The Balaban J connectivity index is 0.000000269. The quantitative estimate of drug-likeness (QED) is 0.0768. The Morgan fingerprint density at radius 2 is 1.38 bits per heavy atom. The standard InChI is InChI=1S/C10H10N2O2.C8H6ClNO.C8H7N3O3.C8H8N2O.C6H6N2O3.C2H6/c1-12-5-7(6-13)10-8(12)3-4-9(11-10)14-2;9-7-1-3-8(4-2-7)11-6-5-10;1-14-8-3-2-7(11(12)13)6(10-8)4-5-9;1-11-8-3-2-6-7(10-8)4-5-9-6;1-11-6-3-2-5(4-7-6)8(9)10;1-2/h3-6H,1-2H3;1-4H,6H2;2-3H,4H2,1H3;2-5,9H,1H3;2-4H,1H3;1-2H3.